The number of anilines is 3. The molecule has 2 aliphatic rings. The second-order valence-corrected chi connectivity index (χ2v) is 9.97. The fourth-order valence-electron chi connectivity index (χ4n) is 5.40. The number of carboxylic acid groups (broad SMARTS) is 1. The molecule has 0 aliphatic carbocycles. The molecule has 1 aromatic carbocycles. The van der Waals surface area contributed by atoms with E-state index in [0.717, 1.165) is 25.2 Å². The summed E-state index contributed by atoms with van der Waals surface area (Å²) in [6, 6.07) is 11.1. The number of carbonyl (C=O) groups excluding carboxylic acids is 1. The quantitative estimate of drug-likeness (QED) is 0.628. The summed E-state index contributed by atoms with van der Waals surface area (Å²) in [5.41, 5.74) is 7.56. The van der Waals surface area contributed by atoms with Crippen LogP contribution < -0.4 is 16.0 Å². The van der Waals surface area contributed by atoms with E-state index in [9.17, 15) is 14.7 Å². The van der Waals surface area contributed by atoms with Crippen LogP contribution >= 0.6 is 0 Å². The van der Waals surface area contributed by atoms with E-state index in [1.807, 2.05) is 18.2 Å². The zero-order chi connectivity index (χ0) is 23.1. The summed E-state index contributed by atoms with van der Waals surface area (Å²) in [7, 11) is 0. The summed E-state index contributed by atoms with van der Waals surface area (Å²) in [5, 5.41) is 12.1. The highest BCUT2D eigenvalue weighted by Crippen LogP contribution is 2.53. The second-order valence-electron chi connectivity index (χ2n) is 9.97. The van der Waals surface area contributed by atoms with Gasteiger partial charge in [0.25, 0.3) is 5.91 Å². The SMILES string of the molecule is CC(C)(C)C1N(c2ccc(C(=O)Nc3ccccc3N)cn2)CC12CCN(C(=O)O)CC2. The maximum atomic E-state index is 12.6. The van der Waals surface area contributed by atoms with Crippen molar-refractivity contribution in [2.24, 2.45) is 10.8 Å². The maximum Gasteiger partial charge on any atom is 0.407 e. The number of rotatable bonds is 3. The van der Waals surface area contributed by atoms with E-state index in [0.29, 0.717) is 30.0 Å². The molecule has 1 unspecified atom stereocenters. The monoisotopic (exact) mass is 437 g/mol. The fourth-order valence-corrected chi connectivity index (χ4v) is 5.40. The van der Waals surface area contributed by atoms with Gasteiger partial charge in [0, 0.05) is 37.3 Å². The maximum absolute atomic E-state index is 12.6. The molecule has 8 nitrogen and oxygen atoms in total. The van der Waals surface area contributed by atoms with Gasteiger partial charge in [0.15, 0.2) is 0 Å². The van der Waals surface area contributed by atoms with E-state index < -0.39 is 6.09 Å². The Morgan fingerprint density at radius 1 is 1.16 bits per heavy atom. The third-order valence-corrected chi connectivity index (χ3v) is 6.74. The van der Waals surface area contributed by atoms with E-state index in [4.69, 9.17) is 5.73 Å². The van der Waals surface area contributed by atoms with Crippen LogP contribution in [-0.2, 0) is 0 Å². The van der Waals surface area contributed by atoms with Crippen LogP contribution in [0.1, 0.15) is 44.0 Å². The number of para-hydroxylation sites is 2. The lowest BCUT2D eigenvalue weighted by atomic mass is 9.57. The Labute approximate surface area is 188 Å². The number of nitrogens with one attached hydrogen (secondary N) is 1. The van der Waals surface area contributed by atoms with Gasteiger partial charge in [-0.05, 0) is 42.5 Å². The van der Waals surface area contributed by atoms with Crippen molar-refractivity contribution < 1.29 is 14.7 Å². The predicted molar refractivity (Wildman–Crippen MR) is 125 cm³/mol. The van der Waals surface area contributed by atoms with Crippen molar-refractivity contribution >= 4 is 29.2 Å². The third kappa shape index (κ3) is 3.97. The topological polar surface area (TPSA) is 112 Å². The van der Waals surface area contributed by atoms with Crippen LogP contribution in [0, 0.1) is 10.8 Å². The minimum Gasteiger partial charge on any atom is -0.465 e. The molecular weight excluding hydrogens is 406 g/mol. The molecule has 1 atom stereocenters. The molecule has 4 N–H and O–H groups in total. The first-order valence-electron chi connectivity index (χ1n) is 11.0. The van der Waals surface area contributed by atoms with Gasteiger partial charge in [-0.2, -0.15) is 0 Å². The number of amides is 2. The number of hydrogen-bond acceptors (Lipinski definition) is 5. The first-order valence-corrected chi connectivity index (χ1v) is 11.0. The summed E-state index contributed by atoms with van der Waals surface area (Å²) >= 11 is 0. The lowest BCUT2D eigenvalue weighted by Gasteiger charge is -2.64. The Morgan fingerprint density at radius 3 is 2.41 bits per heavy atom. The summed E-state index contributed by atoms with van der Waals surface area (Å²) in [6.45, 7) is 8.67. The van der Waals surface area contributed by atoms with Gasteiger partial charge in [0.1, 0.15) is 5.82 Å². The number of carbonyl (C=O) groups is 2. The summed E-state index contributed by atoms with van der Waals surface area (Å²) < 4.78 is 0. The molecule has 8 heteroatoms. The second kappa shape index (κ2) is 8.00. The van der Waals surface area contributed by atoms with Crippen molar-refractivity contribution in [3.8, 4) is 0 Å². The fraction of sp³-hybridized carbons (Fsp3) is 0.458. The zero-order valence-electron chi connectivity index (χ0n) is 18.8. The van der Waals surface area contributed by atoms with E-state index in [1.54, 1.807) is 24.4 Å². The van der Waals surface area contributed by atoms with Gasteiger partial charge >= 0.3 is 6.09 Å². The number of piperidine rings is 1. The van der Waals surface area contributed by atoms with Gasteiger partial charge in [0.2, 0.25) is 0 Å². The van der Waals surface area contributed by atoms with Crippen molar-refractivity contribution in [3.63, 3.8) is 0 Å². The summed E-state index contributed by atoms with van der Waals surface area (Å²) in [6.07, 6.45) is 2.48. The highest BCUT2D eigenvalue weighted by atomic mass is 16.4. The van der Waals surface area contributed by atoms with E-state index >= 15 is 0 Å². The third-order valence-electron chi connectivity index (χ3n) is 6.74. The minimum absolute atomic E-state index is 0.00616. The standard InChI is InChI=1S/C24H31N5O3/c1-23(2,3)21-24(10-12-28(13-11-24)22(31)32)15-29(21)19-9-8-16(14-26-19)20(30)27-18-7-5-4-6-17(18)25/h4-9,14,21H,10-13,15,25H2,1-3H3,(H,27,30)(H,31,32). The van der Waals surface area contributed by atoms with Gasteiger partial charge in [-0.1, -0.05) is 32.9 Å². The molecule has 0 radical (unpaired) electrons. The number of nitrogens with two attached hydrogens (primary N) is 1. The zero-order valence-corrected chi connectivity index (χ0v) is 18.8. The molecule has 2 aromatic rings. The van der Waals surface area contributed by atoms with Crippen LogP contribution in [0.15, 0.2) is 42.6 Å². The Morgan fingerprint density at radius 2 is 1.84 bits per heavy atom. The predicted octanol–water partition coefficient (Wildman–Crippen LogP) is 3.91. The van der Waals surface area contributed by atoms with Crippen LogP contribution in [0.3, 0.4) is 0 Å². The van der Waals surface area contributed by atoms with Crippen LogP contribution in [0.4, 0.5) is 22.0 Å². The largest absolute Gasteiger partial charge is 0.465 e. The molecule has 170 valence electrons. The van der Waals surface area contributed by atoms with Crippen LogP contribution in [-0.4, -0.2) is 52.7 Å². The molecule has 3 heterocycles. The van der Waals surface area contributed by atoms with Crippen molar-refractivity contribution in [1.29, 1.82) is 0 Å². The number of benzene rings is 1. The van der Waals surface area contributed by atoms with Crippen molar-refractivity contribution in [2.45, 2.75) is 39.7 Å². The van der Waals surface area contributed by atoms with E-state index in [1.165, 1.54) is 4.90 Å². The van der Waals surface area contributed by atoms with Gasteiger partial charge in [-0.25, -0.2) is 9.78 Å². The Bertz CT molecular complexity index is 1010. The number of pyridine rings is 1. The highest BCUT2D eigenvalue weighted by molar-refractivity contribution is 6.05. The van der Waals surface area contributed by atoms with Crippen molar-refractivity contribution in [2.75, 3.05) is 35.6 Å². The summed E-state index contributed by atoms with van der Waals surface area (Å²) in [4.78, 5) is 32.3. The lowest BCUT2D eigenvalue weighted by molar-refractivity contribution is -0.0105. The smallest absolute Gasteiger partial charge is 0.407 e. The molecule has 32 heavy (non-hydrogen) atoms. The molecule has 4 rings (SSSR count). The van der Waals surface area contributed by atoms with Gasteiger partial charge < -0.3 is 26.0 Å². The van der Waals surface area contributed by atoms with Gasteiger partial charge in [-0.15, -0.1) is 0 Å². The minimum atomic E-state index is -0.837. The first-order chi connectivity index (χ1) is 15.1. The van der Waals surface area contributed by atoms with Gasteiger partial charge in [-0.3, -0.25) is 4.79 Å². The number of nitrogens with zero attached hydrogens (tertiary/aromatic N) is 3. The summed E-state index contributed by atoms with van der Waals surface area (Å²) in [5.74, 6) is 0.586. The van der Waals surface area contributed by atoms with Crippen molar-refractivity contribution in [3.05, 3.63) is 48.2 Å². The number of aromatic nitrogens is 1. The lowest BCUT2D eigenvalue weighted by Crippen LogP contribution is -2.72. The van der Waals surface area contributed by atoms with Gasteiger partial charge in [0.05, 0.1) is 16.9 Å². The van der Waals surface area contributed by atoms with Crippen LogP contribution in [0.5, 0.6) is 0 Å². The molecule has 2 fully saturated rings. The molecule has 0 bridgehead atoms. The van der Waals surface area contributed by atoms with E-state index in [2.05, 4.69) is 36.0 Å². The Balaban J connectivity index is 1.48. The molecule has 2 saturated heterocycles. The molecule has 1 spiro atoms. The average Bonchev–Trinajstić information content (AvgIpc) is 2.73. The Hall–Kier alpha value is -3.29. The number of nitrogen functional groups attached to an aromatic ring is 1. The highest BCUT2D eigenvalue weighted by Gasteiger charge is 2.58. The molecule has 0 saturated carbocycles. The number of hydrogen-bond donors (Lipinski definition) is 3. The Kier molecular flexibility index (Phi) is 5.48. The average molecular weight is 438 g/mol. The molecular formula is C24H31N5O3. The van der Waals surface area contributed by atoms with Crippen molar-refractivity contribution in [1.82, 2.24) is 9.88 Å². The number of likely N-dealkylation sites (tertiary alicyclic amines) is 1. The first kappa shape index (κ1) is 21.9. The van der Waals surface area contributed by atoms with E-state index in [-0.39, 0.29) is 22.8 Å². The van der Waals surface area contributed by atoms with Crippen LogP contribution in [0.25, 0.3) is 0 Å². The molecule has 1 aromatic heterocycles. The van der Waals surface area contributed by atoms with Crippen LogP contribution in [0.2, 0.25) is 0 Å². The molecule has 2 aliphatic heterocycles. The molecule has 2 amide bonds. The normalized spacial score (nSPS) is 20.0.